The van der Waals surface area contributed by atoms with E-state index in [1.165, 1.54) is 19.4 Å². The molecule has 0 bridgehead atoms. The number of hydrogen-bond acceptors (Lipinski definition) is 4. The number of alkyl halides is 2. The molecule has 2 rings (SSSR count). The Bertz CT molecular complexity index is 406. The topological polar surface area (TPSA) is 51.4 Å². The summed E-state index contributed by atoms with van der Waals surface area (Å²) >= 11 is 0. The molecule has 1 fully saturated rings. The third kappa shape index (κ3) is 2.53. The second-order valence-corrected chi connectivity index (χ2v) is 4.38. The fraction of sp³-hybridized carbons (Fsp3) is 0.583. The molecule has 100 valence electrons. The Labute approximate surface area is 105 Å². The Kier molecular flexibility index (Phi) is 3.96. The van der Waals surface area contributed by atoms with Crippen LogP contribution in [-0.2, 0) is 0 Å². The third-order valence-electron chi connectivity index (χ3n) is 3.21. The highest BCUT2D eigenvalue weighted by Gasteiger charge is 2.25. The van der Waals surface area contributed by atoms with E-state index < -0.39 is 6.43 Å². The number of ether oxygens (including phenoxy) is 1. The Morgan fingerprint density at radius 2 is 2.11 bits per heavy atom. The summed E-state index contributed by atoms with van der Waals surface area (Å²) in [5.41, 5.74) is 6.20. The van der Waals surface area contributed by atoms with Crippen molar-refractivity contribution in [2.45, 2.75) is 25.3 Å². The molecule has 0 spiro atoms. The summed E-state index contributed by atoms with van der Waals surface area (Å²) in [7, 11) is 1.44. The normalized spacial score (nSPS) is 17.3. The first-order valence-corrected chi connectivity index (χ1v) is 5.95. The van der Waals surface area contributed by atoms with Crippen molar-refractivity contribution < 1.29 is 13.5 Å². The fourth-order valence-electron chi connectivity index (χ4n) is 2.22. The van der Waals surface area contributed by atoms with Gasteiger partial charge in [0.1, 0.15) is 5.69 Å². The standard InChI is InChI=1S/C12H17F2N3O/c1-18-12-10(9(11(13)14)2-5-16-12)17-6-3-8(15)4-7-17/h2,5,8,11H,3-4,6-7,15H2,1H3. The molecular formula is C12H17F2N3O. The van der Waals surface area contributed by atoms with Gasteiger partial charge in [0.25, 0.3) is 6.43 Å². The first-order chi connectivity index (χ1) is 8.63. The molecule has 0 amide bonds. The number of methoxy groups -OCH3 is 1. The van der Waals surface area contributed by atoms with Crippen LogP contribution in [0.4, 0.5) is 14.5 Å². The maximum Gasteiger partial charge on any atom is 0.266 e. The van der Waals surface area contributed by atoms with E-state index in [0.29, 0.717) is 18.8 Å². The monoisotopic (exact) mass is 257 g/mol. The second-order valence-electron chi connectivity index (χ2n) is 4.38. The van der Waals surface area contributed by atoms with Crippen LogP contribution < -0.4 is 15.4 Å². The fourth-order valence-corrected chi connectivity index (χ4v) is 2.22. The Balaban J connectivity index is 2.34. The molecule has 2 N–H and O–H groups in total. The number of halogens is 2. The van der Waals surface area contributed by atoms with E-state index in [9.17, 15) is 8.78 Å². The zero-order valence-electron chi connectivity index (χ0n) is 10.3. The Morgan fingerprint density at radius 1 is 1.44 bits per heavy atom. The second kappa shape index (κ2) is 5.48. The van der Waals surface area contributed by atoms with Gasteiger partial charge in [0, 0.05) is 30.9 Å². The molecule has 2 heterocycles. The van der Waals surface area contributed by atoms with Crippen molar-refractivity contribution in [3.05, 3.63) is 17.8 Å². The molecule has 1 aromatic rings. The number of rotatable bonds is 3. The van der Waals surface area contributed by atoms with Gasteiger partial charge in [-0.2, -0.15) is 0 Å². The summed E-state index contributed by atoms with van der Waals surface area (Å²) in [6, 6.07) is 1.50. The molecule has 0 aromatic carbocycles. The maximum atomic E-state index is 13.0. The summed E-state index contributed by atoms with van der Waals surface area (Å²) in [6.07, 6.45) is 0.397. The number of hydrogen-bond donors (Lipinski definition) is 1. The van der Waals surface area contributed by atoms with Gasteiger partial charge < -0.3 is 15.4 Å². The van der Waals surface area contributed by atoms with Gasteiger partial charge in [0.15, 0.2) is 0 Å². The highest BCUT2D eigenvalue weighted by Crippen LogP contribution is 2.37. The Morgan fingerprint density at radius 3 is 2.67 bits per heavy atom. The number of aromatic nitrogens is 1. The maximum absolute atomic E-state index is 13.0. The van der Waals surface area contributed by atoms with Crippen molar-refractivity contribution in [3.63, 3.8) is 0 Å². The van der Waals surface area contributed by atoms with E-state index in [1.807, 2.05) is 4.90 Å². The lowest BCUT2D eigenvalue weighted by atomic mass is 10.0. The van der Waals surface area contributed by atoms with Crippen LogP contribution >= 0.6 is 0 Å². The van der Waals surface area contributed by atoms with Gasteiger partial charge in [-0.3, -0.25) is 0 Å². The average molecular weight is 257 g/mol. The number of anilines is 1. The summed E-state index contributed by atoms with van der Waals surface area (Å²) in [6.45, 7) is 1.31. The van der Waals surface area contributed by atoms with Crippen LogP contribution in [0.15, 0.2) is 12.3 Å². The predicted octanol–water partition coefficient (Wildman–Crippen LogP) is 1.96. The molecule has 0 atom stereocenters. The number of nitrogens with two attached hydrogens (primary N) is 1. The minimum absolute atomic E-state index is 0.0303. The van der Waals surface area contributed by atoms with Gasteiger partial charge in [-0.1, -0.05) is 0 Å². The minimum atomic E-state index is -2.53. The molecule has 0 radical (unpaired) electrons. The molecule has 0 aliphatic carbocycles. The smallest absolute Gasteiger partial charge is 0.266 e. The predicted molar refractivity (Wildman–Crippen MR) is 65.2 cm³/mol. The van der Waals surface area contributed by atoms with Crippen LogP contribution in [0.5, 0.6) is 5.88 Å². The number of nitrogens with zero attached hydrogens (tertiary/aromatic N) is 2. The summed E-state index contributed by atoms with van der Waals surface area (Å²) in [4.78, 5) is 5.89. The minimum Gasteiger partial charge on any atom is -0.480 e. The summed E-state index contributed by atoms with van der Waals surface area (Å²) < 4.78 is 31.2. The SMILES string of the molecule is COc1nccc(C(F)F)c1N1CCC(N)CC1. The van der Waals surface area contributed by atoms with E-state index in [1.54, 1.807) is 0 Å². The average Bonchev–Trinajstić information content (AvgIpc) is 2.38. The van der Waals surface area contributed by atoms with Gasteiger partial charge in [0.2, 0.25) is 5.88 Å². The van der Waals surface area contributed by atoms with Crippen LogP contribution in [0.2, 0.25) is 0 Å². The van der Waals surface area contributed by atoms with Crippen LogP contribution in [0.1, 0.15) is 24.8 Å². The lowest BCUT2D eigenvalue weighted by molar-refractivity contribution is 0.151. The molecule has 4 nitrogen and oxygen atoms in total. The van der Waals surface area contributed by atoms with E-state index in [4.69, 9.17) is 10.5 Å². The summed E-state index contributed by atoms with van der Waals surface area (Å²) in [5, 5.41) is 0. The molecule has 1 saturated heterocycles. The molecule has 1 aliphatic rings. The van der Waals surface area contributed by atoms with Crippen LogP contribution in [0, 0.1) is 0 Å². The van der Waals surface area contributed by atoms with Crippen molar-refractivity contribution in [2.24, 2.45) is 5.73 Å². The third-order valence-corrected chi connectivity index (χ3v) is 3.21. The van der Waals surface area contributed by atoms with Gasteiger partial charge in [-0.05, 0) is 18.9 Å². The zero-order chi connectivity index (χ0) is 13.1. The van der Waals surface area contributed by atoms with Crippen molar-refractivity contribution in [1.29, 1.82) is 0 Å². The molecule has 6 heteroatoms. The van der Waals surface area contributed by atoms with Gasteiger partial charge in [-0.15, -0.1) is 0 Å². The largest absolute Gasteiger partial charge is 0.480 e. The van der Waals surface area contributed by atoms with Crippen molar-refractivity contribution in [1.82, 2.24) is 4.98 Å². The molecular weight excluding hydrogens is 240 g/mol. The molecule has 1 aromatic heterocycles. The number of piperidine rings is 1. The molecule has 0 unspecified atom stereocenters. The van der Waals surface area contributed by atoms with Crippen LogP contribution in [0.3, 0.4) is 0 Å². The molecule has 1 aliphatic heterocycles. The quantitative estimate of drug-likeness (QED) is 0.899. The van der Waals surface area contributed by atoms with Crippen LogP contribution in [0.25, 0.3) is 0 Å². The lowest BCUT2D eigenvalue weighted by Gasteiger charge is -2.33. The van der Waals surface area contributed by atoms with E-state index in [-0.39, 0.29) is 17.5 Å². The number of pyridine rings is 1. The Hall–Kier alpha value is -1.43. The van der Waals surface area contributed by atoms with E-state index >= 15 is 0 Å². The highest BCUT2D eigenvalue weighted by atomic mass is 19.3. The van der Waals surface area contributed by atoms with Gasteiger partial charge in [0.05, 0.1) is 7.11 Å². The van der Waals surface area contributed by atoms with Gasteiger partial charge in [-0.25, -0.2) is 13.8 Å². The van der Waals surface area contributed by atoms with Crippen molar-refractivity contribution >= 4 is 5.69 Å². The van der Waals surface area contributed by atoms with E-state index in [2.05, 4.69) is 4.98 Å². The van der Waals surface area contributed by atoms with Crippen molar-refractivity contribution in [3.8, 4) is 5.88 Å². The zero-order valence-corrected chi connectivity index (χ0v) is 10.3. The van der Waals surface area contributed by atoms with Crippen molar-refractivity contribution in [2.75, 3.05) is 25.1 Å². The lowest BCUT2D eigenvalue weighted by Crippen LogP contribution is -2.40. The van der Waals surface area contributed by atoms with Gasteiger partial charge >= 0.3 is 0 Å². The molecule has 0 saturated carbocycles. The first-order valence-electron chi connectivity index (χ1n) is 5.95. The van der Waals surface area contributed by atoms with E-state index in [0.717, 1.165) is 12.8 Å². The van der Waals surface area contributed by atoms with Crippen LogP contribution in [-0.4, -0.2) is 31.2 Å². The highest BCUT2D eigenvalue weighted by molar-refractivity contribution is 5.61. The summed E-state index contributed by atoms with van der Waals surface area (Å²) in [5.74, 6) is 0.253. The first kappa shape index (κ1) is 13.0. The molecule has 18 heavy (non-hydrogen) atoms.